The molecule has 3 atom stereocenters. The van der Waals surface area contributed by atoms with Gasteiger partial charge >= 0.3 is 0 Å². The van der Waals surface area contributed by atoms with Crippen LogP contribution in [-0.2, 0) is 25.5 Å². The first-order valence-corrected chi connectivity index (χ1v) is 11.5. The molecular formula is C26H32N2O6. The van der Waals surface area contributed by atoms with E-state index in [0.717, 1.165) is 23.3 Å². The van der Waals surface area contributed by atoms with Crippen LogP contribution in [0, 0.1) is 0 Å². The summed E-state index contributed by atoms with van der Waals surface area (Å²) >= 11 is 0. The van der Waals surface area contributed by atoms with Gasteiger partial charge in [-0.25, -0.2) is 0 Å². The molecule has 1 amide bonds. The van der Waals surface area contributed by atoms with E-state index >= 15 is 0 Å². The molecule has 0 aromatic heterocycles. The van der Waals surface area contributed by atoms with Gasteiger partial charge in [-0.3, -0.25) is 9.59 Å². The van der Waals surface area contributed by atoms with Crippen LogP contribution in [0.25, 0.3) is 5.76 Å². The first kappa shape index (κ1) is 24.0. The van der Waals surface area contributed by atoms with Gasteiger partial charge in [0.25, 0.3) is 11.7 Å². The van der Waals surface area contributed by atoms with Crippen molar-refractivity contribution in [2.45, 2.75) is 38.0 Å². The van der Waals surface area contributed by atoms with Crippen molar-refractivity contribution in [2.24, 2.45) is 0 Å². The predicted octanol–water partition coefficient (Wildman–Crippen LogP) is 2.50. The number of Topliss-reactive ketones (excluding diaryl/α,β-unsaturated/α-hetero) is 1. The molecular weight excluding hydrogens is 436 g/mol. The number of likely N-dealkylation sites (N-methyl/N-ethyl adjacent to an activating group) is 1. The van der Waals surface area contributed by atoms with Crippen LogP contribution in [-0.4, -0.2) is 86.3 Å². The van der Waals surface area contributed by atoms with Gasteiger partial charge in [0.05, 0.1) is 18.7 Å². The lowest BCUT2D eigenvalue weighted by molar-refractivity contribution is -0.139. The molecule has 182 valence electrons. The molecule has 1 saturated heterocycles. The first-order chi connectivity index (χ1) is 16.2. The smallest absolute Gasteiger partial charge is 0.295 e. The van der Waals surface area contributed by atoms with E-state index in [2.05, 4.69) is 0 Å². The van der Waals surface area contributed by atoms with Crippen LogP contribution in [0.4, 0.5) is 0 Å². The Balaban J connectivity index is 1.80. The molecule has 1 N–H and O–H groups in total. The summed E-state index contributed by atoms with van der Waals surface area (Å²) < 4.78 is 16.8. The number of ketones is 1. The average Bonchev–Trinajstić information content (AvgIpc) is 3.32. The van der Waals surface area contributed by atoms with Crippen molar-refractivity contribution in [2.75, 3.05) is 41.4 Å². The first-order valence-electron chi connectivity index (χ1n) is 11.5. The SMILES string of the molecule is COC1=CC=C(C2/C(=C(\O)c3ccc4c(c3)CC(C)O4)C(=O)C(=O)N2CCN(C)C)CC1OC. The Morgan fingerprint density at radius 3 is 2.65 bits per heavy atom. The lowest BCUT2D eigenvalue weighted by Crippen LogP contribution is -2.41. The number of rotatable bonds is 7. The fraction of sp³-hybridized carbons (Fsp3) is 0.462. The number of ether oxygens (including phenoxy) is 3. The summed E-state index contributed by atoms with van der Waals surface area (Å²) in [5.41, 5.74) is 2.38. The summed E-state index contributed by atoms with van der Waals surface area (Å²) in [6.45, 7) is 2.92. The van der Waals surface area contributed by atoms with E-state index in [1.807, 2.05) is 38.1 Å². The number of nitrogens with zero attached hydrogens (tertiary/aromatic N) is 2. The Kier molecular flexibility index (Phi) is 6.81. The molecule has 0 radical (unpaired) electrons. The van der Waals surface area contributed by atoms with Crippen molar-refractivity contribution in [3.8, 4) is 5.75 Å². The van der Waals surface area contributed by atoms with Crippen LogP contribution in [0.1, 0.15) is 24.5 Å². The maximum Gasteiger partial charge on any atom is 0.295 e. The summed E-state index contributed by atoms with van der Waals surface area (Å²) in [6, 6.07) is 4.69. The third-order valence-corrected chi connectivity index (χ3v) is 6.57. The number of fused-ring (bicyclic) bond motifs is 1. The zero-order valence-electron chi connectivity index (χ0n) is 20.3. The quantitative estimate of drug-likeness (QED) is 0.374. The number of aliphatic hydroxyl groups excluding tert-OH is 1. The van der Waals surface area contributed by atoms with Crippen LogP contribution < -0.4 is 4.74 Å². The van der Waals surface area contributed by atoms with Gasteiger partial charge in [0, 0.05) is 38.6 Å². The third-order valence-electron chi connectivity index (χ3n) is 6.57. The number of allylic oxidation sites excluding steroid dienone is 2. The minimum absolute atomic E-state index is 0.0594. The maximum atomic E-state index is 13.2. The highest BCUT2D eigenvalue weighted by Gasteiger charge is 2.47. The molecule has 34 heavy (non-hydrogen) atoms. The highest BCUT2D eigenvalue weighted by molar-refractivity contribution is 6.47. The van der Waals surface area contributed by atoms with Gasteiger partial charge in [-0.15, -0.1) is 0 Å². The van der Waals surface area contributed by atoms with Crippen molar-refractivity contribution in [3.63, 3.8) is 0 Å². The van der Waals surface area contributed by atoms with Gasteiger partial charge in [0.1, 0.15) is 29.5 Å². The topological polar surface area (TPSA) is 88.5 Å². The van der Waals surface area contributed by atoms with Gasteiger partial charge in [0.15, 0.2) is 0 Å². The molecule has 8 nitrogen and oxygen atoms in total. The number of carbonyl (C=O) groups is 2. The van der Waals surface area contributed by atoms with Crippen molar-refractivity contribution in [1.82, 2.24) is 9.80 Å². The number of benzene rings is 1. The minimum Gasteiger partial charge on any atom is -0.507 e. The number of amides is 1. The number of likely N-dealkylation sites (tertiary alicyclic amines) is 1. The van der Waals surface area contributed by atoms with Gasteiger partial charge in [0.2, 0.25) is 0 Å². The molecule has 0 spiro atoms. The van der Waals surface area contributed by atoms with Crippen molar-refractivity contribution in [3.05, 3.63) is 58.4 Å². The highest BCUT2D eigenvalue weighted by atomic mass is 16.5. The van der Waals surface area contributed by atoms with E-state index in [-0.39, 0.29) is 23.5 Å². The predicted molar refractivity (Wildman–Crippen MR) is 127 cm³/mol. The summed E-state index contributed by atoms with van der Waals surface area (Å²) in [5, 5.41) is 11.4. The Morgan fingerprint density at radius 1 is 1.21 bits per heavy atom. The van der Waals surface area contributed by atoms with E-state index in [0.29, 0.717) is 30.8 Å². The second-order valence-corrected chi connectivity index (χ2v) is 9.19. The second kappa shape index (κ2) is 9.64. The molecule has 3 unspecified atom stereocenters. The van der Waals surface area contributed by atoms with Crippen LogP contribution in [0.3, 0.4) is 0 Å². The Morgan fingerprint density at radius 2 is 1.97 bits per heavy atom. The highest BCUT2D eigenvalue weighted by Crippen LogP contribution is 2.38. The van der Waals surface area contributed by atoms with Crippen LogP contribution in [0.2, 0.25) is 0 Å². The Hall–Kier alpha value is -3.10. The molecule has 1 aliphatic carbocycles. The summed E-state index contributed by atoms with van der Waals surface area (Å²) in [7, 11) is 7.00. The van der Waals surface area contributed by atoms with E-state index in [1.54, 1.807) is 37.3 Å². The third kappa shape index (κ3) is 4.35. The lowest BCUT2D eigenvalue weighted by atomic mass is 9.88. The van der Waals surface area contributed by atoms with Gasteiger partial charge in [-0.2, -0.15) is 0 Å². The molecule has 4 rings (SSSR count). The zero-order valence-corrected chi connectivity index (χ0v) is 20.3. The Bertz CT molecular complexity index is 1090. The van der Waals surface area contributed by atoms with E-state index in [1.165, 1.54) is 0 Å². The second-order valence-electron chi connectivity index (χ2n) is 9.19. The van der Waals surface area contributed by atoms with Crippen molar-refractivity contribution >= 4 is 17.4 Å². The fourth-order valence-corrected chi connectivity index (χ4v) is 4.81. The average molecular weight is 469 g/mol. The van der Waals surface area contributed by atoms with Crippen molar-refractivity contribution in [1.29, 1.82) is 0 Å². The number of hydrogen-bond donors (Lipinski definition) is 1. The minimum atomic E-state index is -0.685. The largest absolute Gasteiger partial charge is 0.507 e. The van der Waals surface area contributed by atoms with Crippen LogP contribution >= 0.6 is 0 Å². The Labute approximate surface area is 200 Å². The lowest BCUT2D eigenvalue weighted by Gasteiger charge is -2.31. The number of hydrogen-bond acceptors (Lipinski definition) is 7. The monoisotopic (exact) mass is 468 g/mol. The number of aliphatic hydroxyl groups is 1. The molecule has 8 heteroatoms. The molecule has 1 fully saturated rings. The fourth-order valence-electron chi connectivity index (χ4n) is 4.81. The number of carbonyl (C=O) groups excluding carboxylic acids is 2. The summed E-state index contributed by atoms with van der Waals surface area (Å²) in [6.07, 6.45) is 4.54. The van der Waals surface area contributed by atoms with Crippen molar-refractivity contribution < 1.29 is 28.9 Å². The standard InChI is InChI=1S/C26H32N2O6/c1-15-12-18-13-17(7-8-19(18)34-15)24(29)22-23(16-6-9-20(32-4)21(14-16)33-5)28(11-10-27(2)3)26(31)25(22)30/h6-9,13,15,21,23,29H,10-12,14H2,1-5H3/b24-22+. The van der Waals surface area contributed by atoms with Gasteiger partial charge < -0.3 is 29.1 Å². The van der Waals surface area contributed by atoms with E-state index in [4.69, 9.17) is 14.2 Å². The summed E-state index contributed by atoms with van der Waals surface area (Å²) in [4.78, 5) is 29.9. The molecule has 3 aliphatic rings. The maximum absolute atomic E-state index is 13.2. The molecule has 1 aromatic rings. The molecule has 0 saturated carbocycles. The normalized spacial score (nSPS) is 25.8. The number of methoxy groups -OCH3 is 2. The summed E-state index contributed by atoms with van der Waals surface area (Å²) in [5.74, 6) is -0.00785. The zero-order chi connectivity index (χ0) is 24.6. The molecule has 0 bridgehead atoms. The molecule has 2 aliphatic heterocycles. The molecule has 1 aromatic carbocycles. The van der Waals surface area contributed by atoms with Crippen LogP contribution in [0.5, 0.6) is 5.75 Å². The van der Waals surface area contributed by atoms with Crippen LogP contribution in [0.15, 0.2) is 47.3 Å². The van der Waals surface area contributed by atoms with E-state index < -0.39 is 17.7 Å². The molecule has 2 heterocycles. The van der Waals surface area contributed by atoms with Gasteiger partial charge in [-0.05, 0) is 56.4 Å². The van der Waals surface area contributed by atoms with E-state index in [9.17, 15) is 14.7 Å². The van der Waals surface area contributed by atoms with Gasteiger partial charge in [-0.1, -0.05) is 6.08 Å².